The number of fused-ring (bicyclic) bond motifs is 4. The molecular weight excluding hydrogens is 276 g/mol. The molecule has 3 aliphatic rings. The molecule has 5 rings (SSSR count). The lowest BCUT2D eigenvalue weighted by Crippen LogP contribution is -2.58. The predicted molar refractivity (Wildman–Crippen MR) is 83.3 cm³/mol. The van der Waals surface area contributed by atoms with Gasteiger partial charge in [0.25, 0.3) is 5.91 Å². The summed E-state index contributed by atoms with van der Waals surface area (Å²) >= 11 is 0. The van der Waals surface area contributed by atoms with Gasteiger partial charge in [0.15, 0.2) is 5.78 Å². The van der Waals surface area contributed by atoms with Gasteiger partial charge in [-0.1, -0.05) is 24.3 Å². The second-order valence-corrected chi connectivity index (χ2v) is 6.08. The van der Waals surface area contributed by atoms with Gasteiger partial charge in [0, 0.05) is 12.1 Å². The van der Waals surface area contributed by atoms with Crippen LogP contribution in [0.3, 0.4) is 0 Å². The number of ketones is 1. The molecule has 0 saturated carbocycles. The molecule has 1 saturated heterocycles. The van der Waals surface area contributed by atoms with Crippen molar-refractivity contribution in [2.45, 2.75) is 12.6 Å². The molecule has 0 aromatic heterocycles. The number of nitrogens with zero attached hydrogens (tertiary/aromatic N) is 2. The first kappa shape index (κ1) is 12.0. The van der Waals surface area contributed by atoms with Gasteiger partial charge in [0.1, 0.15) is 6.17 Å². The van der Waals surface area contributed by atoms with E-state index < -0.39 is 0 Å². The second-order valence-electron chi connectivity index (χ2n) is 6.08. The van der Waals surface area contributed by atoms with Crippen molar-refractivity contribution in [2.24, 2.45) is 5.92 Å². The maximum atomic E-state index is 13.0. The third kappa shape index (κ3) is 1.28. The van der Waals surface area contributed by atoms with Gasteiger partial charge < -0.3 is 4.90 Å². The summed E-state index contributed by atoms with van der Waals surface area (Å²) in [7, 11) is 0. The highest BCUT2D eigenvalue weighted by Gasteiger charge is 2.52. The van der Waals surface area contributed by atoms with Crippen LogP contribution in [-0.4, -0.2) is 24.4 Å². The van der Waals surface area contributed by atoms with E-state index in [0.29, 0.717) is 5.56 Å². The van der Waals surface area contributed by atoms with Gasteiger partial charge in [-0.05, 0) is 30.7 Å². The summed E-state index contributed by atoms with van der Waals surface area (Å²) in [4.78, 5) is 29.9. The zero-order valence-corrected chi connectivity index (χ0v) is 11.9. The maximum Gasteiger partial charge on any atom is 0.262 e. The van der Waals surface area contributed by atoms with Gasteiger partial charge in [-0.15, -0.1) is 0 Å². The molecule has 0 spiro atoms. The molecule has 1 fully saturated rings. The van der Waals surface area contributed by atoms with E-state index in [4.69, 9.17) is 0 Å². The minimum absolute atomic E-state index is 0.00343. The Kier molecular flexibility index (Phi) is 2.16. The minimum Gasteiger partial charge on any atom is -0.349 e. The topological polar surface area (TPSA) is 40.6 Å². The van der Waals surface area contributed by atoms with Gasteiger partial charge in [-0.25, -0.2) is 0 Å². The molecular formula is C18H14N2O2. The Morgan fingerprint density at radius 2 is 1.55 bits per heavy atom. The monoisotopic (exact) mass is 290 g/mol. The molecule has 4 heteroatoms. The van der Waals surface area contributed by atoms with Gasteiger partial charge >= 0.3 is 0 Å². The number of amides is 1. The number of para-hydroxylation sites is 2. The average molecular weight is 290 g/mol. The highest BCUT2D eigenvalue weighted by atomic mass is 16.2. The number of carbonyl (C=O) groups is 2. The summed E-state index contributed by atoms with van der Waals surface area (Å²) < 4.78 is 0. The van der Waals surface area contributed by atoms with Crippen molar-refractivity contribution in [3.8, 4) is 0 Å². The largest absolute Gasteiger partial charge is 0.349 e. The van der Waals surface area contributed by atoms with Crippen molar-refractivity contribution in [3.63, 3.8) is 0 Å². The number of hydrogen-bond acceptors (Lipinski definition) is 3. The minimum atomic E-state index is -0.162. The standard InChI is InChI=1S/C18H14N2O2/c21-16-11-5-1-4-8-15(11)20-17-13(16)9-10-19(17)14-7-3-2-6-12(14)18(20)22/h1-8,13,17H,9-10H2/t13-,17-/m0/s1. The molecule has 2 aromatic rings. The predicted octanol–water partition coefficient (Wildman–Crippen LogP) is 2.70. The van der Waals surface area contributed by atoms with E-state index in [0.717, 1.165) is 29.9 Å². The van der Waals surface area contributed by atoms with Crippen LogP contribution >= 0.6 is 0 Å². The molecule has 2 aromatic carbocycles. The van der Waals surface area contributed by atoms with Crippen LogP contribution in [-0.2, 0) is 0 Å². The van der Waals surface area contributed by atoms with Crippen molar-refractivity contribution in [2.75, 3.05) is 16.3 Å². The van der Waals surface area contributed by atoms with E-state index in [-0.39, 0.29) is 23.8 Å². The van der Waals surface area contributed by atoms with E-state index in [1.165, 1.54) is 0 Å². The van der Waals surface area contributed by atoms with Crippen molar-refractivity contribution in [1.29, 1.82) is 0 Å². The normalized spacial score (nSPS) is 24.9. The van der Waals surface area contributed by atoms with Crippen molar-refractivity contribution in [3.05, 3.63) is 59.7 Å². The van der Waals surface area contributed by atoms with Gasteiger partial charge in [0.05, 0.1) is 22.9 Å². The fourth-order valence-corrected chi connectivity index (χ4v) is 4.12. The van der Waals surface area contributed by atoms with Crippen LogP contribution in [0.1, 0.15) is 27.1 Å². The zero-order chi connectivity index (χ0) is 14.8. The molecule has 0 N–H and O–H groups in total. The third-order valence-electron chi connectivity index (χ3n) is 5.05. The van der Waals surface area contributed by atoms with E-state index in [1.807, 2.05) is 53.4 Å². The van der Waals surface area contributed by atoms with Crippen LogP contribution in [0.2, 0.25) is 0 Å². The second kappa shape index (κ2) is 3.97. The Morgan fingerprint density at radius 1 is 0.864 bits per heavy atom. The summed E-state index contributed by atoms with van der Waals surface area (Å²) in [6.45, 7) is 0.815. The first-order valence-corrected chi connectivity index (χ1v) is 7.60. The molecule has 0 radical (unpaired) electrons. The van der Waals surface area contributed by atoms with Crippen molar-refractivity contribution >= 4 is 23.1 Å². The van der Waals surface area contributed by atoms with E-state index >= 15 is 0 Å². The van der Waals surface area contributed by atoms with Crippen LogP contribution in [0.25, 0.3) is 0 Å². The van der Waals surface area contributed by atoms with Gasteiger partial charge in [0.2, 0.25) is 0 Å². The van der Waals surface area contributed by atoms with E-state index in [9.17, 15) is 9.59 Å². The van der Waals surface area contributed by atoms with Crippen LogP contribution in [0.15, 0.2) is 48.5 Å². The SMILES string of the molecule is O=C1c2ccccc2N2C(=O)c3ccccc3N3CC[C@@H]1[C@@H]32. The molecule has 108 valence electrons. The number of anilines is 2. The fourth-order valence-electron chi connectivity index (χ4n) is 4.12. The van der Waals surface area contributed by atoms with Gasteiger partial charge in [-0.3, -0.25) is 14.5 Å². The number of Topliss-reactive ketones (excluding diaryl/α,β-unsaturated/α-hetero) is 1. The first-order valence-electron chi connectivity index (χ1n) is 7.60. The smallest absolute Gasteiger partial charge is 0.262 e. The van der Waals surface area contributed by atoms with Crippen molar-refractivity contribution in [1.82, 2.24) is 0 Å². The number of rotatable bonds is 0. The van der Waals surface area contributed by atoms with Crippen LogP contribution in [0.5, 0.6) is 0 Å². The lowest BCUT2D eigenvalue weighted by Gasteiger charge is -2.46. The first-order chi connectivity index (χ1) is 10.8. The maximum absolute atomic E-state index is 13.0. The lowest BCUT2D eigenvalue weighted by molar-refractivity contribution is 0.0874. The summed E-state index contributed by atoms with van der Waals surface area (Å²) in [5.74, 6) is 0.0578. The summed E-state index contributed by atoms with van der Waals surface area (Å²) in [6.07, 6.45) is 0.639. The summed E-state index contributed by atoms with van der Waals surface area (Å²) in [5.41, 5.74) is 3.12. The summed E-state index contributed by atoms with van der Waals surface area (Å²) in [5, 5.41) is 0. The van der Waals surface area contributed by atoms with Gasteiger partial charge in [-0.2, -0.15) is 0 Å². The number of hydrogen-bond donors (Lipinski definition) is 0. The molecule has 3 heterocycles. The highest BCUT2D eigenvalue weighted by Crippen LogP contribution is 2.46. The molecule has 22 heavy (non-hydrogen) atoms. The molecule has 0 unspecified atom stereocenters. The number of carbonyl (C=O) groups excluding carboxylic acids is 2. The zero-order valence-electron chi connectivity index (χ0n) is 11.9. The molecule has 4 nitrogen and oxygen atoms in total. The Labute approximate surface area is 128 Å². The van der Waals surface area contributed by atoms with E-state index in [2.05, 4.69) is 4.90 Å². The Bertz CT molecular complexity index is 829. The van der Waals surface area contributed by atoms with Crippen LogP contribution in [0.4, 0.5) is 11.4 Å². The Hall–Kier alpha value is -2.62. The average Bonchev–Trinajstić information content (AvgIpc) is 3.00. The molecule has 0 bridgehead atoms. The molecule has 0 aliphatic carbocycles. The Morgan fingerprint density at radius 3 is 2.36 bits per heavy atom. The fraction of sp³-hybridized carbons (Fsp3) is 0.222. The third-order valence-corrected chi connectivity index (χ3v) is 5.05. The lowest BCUT2D eigenvalue weighted by atomic mass is 9.86. The van der Waals surface area contributed by atoms with E-state index in [1.54, 1.807) is 0 Å². The van der Waals surface area contributed by atoms with Crippen LogP contribution in [0, 0.1) is 5.92 Å². The molecule has 1 amide bonds. The van der Waals surface area contributed by atoms with Crippen molar-refractivity contribution < 1.29 is 9.59 Å². The number of benzene rings is 2. The quantitative estimate of drug-likeness (QED) is 0.749. The highest BCUT2D eigenvalue weighted by molar-refractivity contribution is 6.18. The molecule has 3 aliphatic heterocycles. The Balaban J connectivity index is 1.80. The van der Waals surface area contributed by atoms with Crippen LogP contribution < -0.4 is 9.80 Å². The molecule has 2 atom stereocenters. The summed E-state index contributed by atoms with van der Waals surface area (Å²) in [6, 6.07) is 15.2.